The fraction of sp³-hybridized carbons (Fsp3) is 0.353. The maximum Gasteiger partial charge on any atom is 0.224 e. The first kappa shape index (κ1) is 16.0. The van der Waals surface area contributed by atoms with Crippen LogP contribution in [0.1, 0.15) is 37.5 Å². The normalized spacial score (nSPS) is 11.5. The summed E-state index contributed by atoms with van der Waals surface area (Å²) in [7, 11) is 0. The van der Waals surface area contributed by atoms with Gasteiger partial charge in [0.25, 0.3) is 0 Å². The van der Waals surface area contributed by atoms with E-state index in [0.29, 0.717) is 11.4 Å². The second-order valence-electron chi connectivity index (χ2n) is 6.11. The summed E-state index contributed by atoms with van der Waals surface area (Å²) < 4.78 is 6.68. The van der Waals surface area contributed by atoms with Crippen LogP contribution in [-0.2, 0) is 12.0 Å². The Kier molecular flexibility index (Phi) is 4.69. The third-order valence-electron chi connectivity index (χ3n) is 3.31. The maximum atomic E-state index is 9.40. The monoisotopic (exact) mass is 349 g/mol. The fourth-order valence-corrected chi connectivity index (χ4v) is 2.39. The Balaban J connectivity index is 2.32. The summed E-state index contributed by atoms with van der Waals surface area (Å²) in [5, 5.41) is 9.40. The smallest absolute Gasteiger partial charge is 0.224 e. The summed E-state index contributed by atoms with van der Waals surface area (Å²) in [4.78, 5) is 4.23. The Morgan fingerprint density at radius 1 is 1.24 bits per heavy atom. The van der Waals surface area contributed by atoms with Gasteiger partial charge in [0.15, 0.2) is 0 Å². The first-order chi connectivity index (χ1) is 9.81. The molecule has 0 amide bonds. The number of ether oxygens (including phenoxy) is 1. The summed E-state index contributed by atoms with van der Waals surface area (Å²) >= 11 is 3.34. The Hall–Kier alpha value is -1.39. The van der Waals surface area contributed by atoms with Crippen LogP contribution in [0.2, 0.25) is 0 Å². The third-order valence-corrected chi connectivity index (χ3v) is 3.74. The minimum atomic E-state index is -0.110. The van der Waals surface area contributed by atoms with Crippen LogP contribution in [0.4, 0.5) is 0 Å². The third kappa shape index (κ3) is 3.83. The second kappa shape index (κ2) is 6.16. The quantitative estimate of drug-likeness (QED) is 0.870. The number of aliphatic hydroxyl groups excluding tert-OH is 1. The summed E-state index contributed by atoms with van der Waals surface area (Å²) in [5.74, 6) is 1.19. The van der Waals surface area contributed by atoms with Crippen molar-refractivity contribution in [3.63, 3.8) is 0 Å². The van der Waals surface area contributed by atoms with Crippen molar-refractivity contribution in [3.8, 4) is 11.6 Å². The van der Waals surface area contributed by atoms with Crippen LogP contribution in [0.5, 0.6) is 11.6 Å². The molecule has 1 aromatic carbocycles. The Morgan fingerprint density at radius 3 is 2.52 bits per heavy atom. The highest BCUT2D eigenvalue weighted by molar-refractivity contribution is 9.10. The Labute approximate surface area is 134 Å². The van der Waals surface area contributed by atoms with E-state index in [2.05, 4.69) is 53.8 Å². The zero-order valence-corrected chi connectivity index (χ0v) is 14.4. The molecule has 0 aliphatic heterocycles. The van der Waals surface area contributed by atoms with Gasteiger partial charge in [-0.25, -0.2) is 4.98 Å². The first-order valence-electron chi connectivity index (χ1n) is 6.85. The number of aromatic nitrogens is 1. The number of aliphatic hydroxyl groups is 1. The topological polar surface area (TPSA) is 42.4 Å². The van der Waals surface area contributed by atoms with Crippen molar-refractivity contribution in [3.05, 3.63) is 51.6 Å². The highest BCUT2D eigenvalue weighted by atomic mass is 79.9. The van der Waals surface area contributed by atoms with Crippen LogP contribution >= 0.6 is 15.9 Å². The van der Waals surface area contributed by atoms with Crippen LogP contribution in [-0.4, -0.2) is 10.1 Å². The molecule has 0 aliphatic rings. The number of hydrogen-bond acceptors (Lipinski definition) is 3. The molecule has 1 N–H and O–H groups in total. The standard InChI is InChI=1S/C17H20BrNO2/c1-11-7-13(17(2,3)4)5-6-15(11)21-16-12(10-20)8-14(18)9-19-16/h5-9,20H,10H2,1-4H3. The highest BCUT2D eigenvalue weighted by Gasteiger charge is 2.15. The van der Waals surface area contributed by atoms with E-state index >= 15 is 0 Å². The molecule has 0 aliphatic carbocycles. The van der Waals surface area contributed by atoms with Gasteiger partial charge in [-0.1, -0.05) is 32.9 Å². The molecule has 0 unspecified atom stereocenters. The van der Waals surface area contributed by atoms with Gasteiger partial charge in [-0.15, -0.1) is 0 Å². The van der Waals surface area contributed by atoms with Gasteiger partial charge in [0, 0.05) is 16.2 Å². The van der Waals surface area contributed by atoms with Crippen molar-refractivity contribution in [1.82, 2.24) is 4.98 Å². The molecule has 4 heteroatoms. The van der Waals surface area contributed by atoms with Crippen LogP contribution in [0.3, 0.4) is 0 Å². The van der Waals surface area contributed by atoms with Crippen molar-refractivity contribution < 1.29 is 9.84 Å². The summed E-state index contributed by atoms with van der Waals surface area (Å²) in [6.07, 6.45) is 1.66. The molecule has 2 rings (SSSR count). The number of halogens is 1. The second-order valence-corrected chi connectivity index (χ2v) is 7.02. The summed E-state index contributed by atoms with van der Waals surface area (Å²) in [6.45, 7) is 8.45. The molecule has 3 nitrogen and oxygen atoms in total. The van der Waals surface area contributed by atoms with Gasteiger partial charge in [-0.05, 0) is 51.5 Å². The molecule has 1 heterocycles. The van der Waals surface area contributed by atoms with Crippen LogP contribution < -0.4 is 4.74 Å². The number of pyridine rings is 1. The average molecular weight is 350 g/mol. The van der Waals surface area contributed by atoms with E-state index in [9.17, 15) is 5.11 Å². The number of rotatable bonds is 3. The molecule has 0 spiro atoms. The van der Waals surface area contributed by atoms with Crippen molar-refractivity contribution in [1.29, 1.82) is 0 Å². The molecule has 0 saturated heterocycles. The minimum Gasteiger partial charge on any atom is -0.438 e. The van der Waals surface area contributed by atoms with Crippen molar-refractivity contribution in [2.45, 2.75) is 39.7 Å². The van der Waals surface area contributed by atoms with E-state index in [1.165, 1.54) is 5.56 Å². The molecule has 2 aromatic rings. The molecule has 0 radical (unpaired) electrons. The molecule has 0 fully saturated rings. The predicted molar refractivity (Wildman–Crippen MR) is 87.8 cm³/mol. The lowest BCUT2D eigenvalue weighted by Gasteiger charge is -2.20. The number of aryl methyl sites for hydroxylation is 1. The molecular weight excluding hydrogens is 330 g/mol. The number of nitrogens with zero attached hydrogens (tertiary/aromatic N) is 1. The van der Waals surface area contributed by atoms with E-state index in [-0.39, 0.29) is 12.0 Å². The first-order valence-corrected chi connectivity index (χ1v) is 7.65. The van der Waals surface area contributed by atoms with Gasteiger partial charge in [0.2, 0.25) is 5.88 Å². The molecule has 112 valence electrons. The predicted octanol–water partition coefficient (Wildman–Crippen LogP) is 4.73. The van der Waals surface area contributed by atoms with Gasteiger partial charge in [-0.2, -0.15) is 0 Å². The molecular formula is C17H20BrNO2. The lowest BCUT2D eigenvalue weighted by molar-refractivity contribution is 0.275. The summed E-state index contributed by atoms with van der Waals surface area (Å²) in [5.41, 5.74) is 3.08. The lowest BCUT2D eigenvalue weighted by Crippen LogP contribution is -2.11. The van der Waals surface area contributed by atoms with Gasteiger partial charge in [-0.3, -0.25) is 0 Å². The average Bonchev–Trinajstić information content (AvgIpc) is 2.41. The van der Waals surface area contributed by atoms with Crippen LogP contribution in [0.25, 0.3) is 0 Å². The SMILES string of the molecule is Cc1cc(C(C)(C)C)ccc1Oc1ncc(Br)cc1CO. The molecule has 21 heavy (non-hydrogen) atoms. The Morgan fingerprint density at radius 2 is 1.95 bits per heavy atom. The summed E-state index contributed by atoms with van der Waals surface area (Å²) in [6, 6.07) is 7.97. The van der Waals surface area contributed by atoms with Crippen molar-refractivity contribution >= 4 is 15.9 Å². The van der Waals surface area contributed by atoms with Crippen molar-refractivity contribution in [2.24, 2.45) is 0 Å². The lowest BCUT2D eigenvalue weighted by atomic mass is 9.86. The van der Waals surface area contributed by atoms with Gasteiger partial charge < -0.3 is 9.84 Å². The van der Waals surface area contributed by atoms with E-state index in [1.807, 2.05) is 13.0 Å². The van der Waals surface area contributed by atoms with E-state index in [0.717, 1.165) is 15.8 Å². The Bertz CT molecular complexity index is 648. The molecule has 0 atom stereocenters. The molecule has 1 aromatic heterocycles. The minimum absolute atomic E-state index is 0.107. The van der Waals surface area contributed by atoms with Gasteiger partial charge in [0.05, 0.1) is 6.61 Å². The maximum absolute atomic E-state index is 9.40. The van der Waals surface area contributed by atoms with Gasteiger partial charge >= 0.3 is 0 Å². The van der Waals surface area contributed by atoms with Gasteiger partial charge in [0.1, 0.15) is 5.75 Å². The van der Waals surface area contributed by atoms with E-state index in [1.54, 1.807) is 12.3 Å². The van der Waals surface area contributed by atoms with Crippen LogP contribution in [0.15, 0.2) is 34.9 Å². The zero-order chi connectivity index (χ0) is 15.6. The molecule has 0 bridgehead atoms. The molecule has 0 saturated carbocycles. The largest absolute Gasteiger partial charge is 0.438 e. The zero-order valence-electron chi connectivity index (χ0n) is 12.8. The van der Waals surface area contributed by atoms with Crippen LogP contribution in [0, 0.1) is 6.92 Å². The van der Waals surface area contributed by atoms with E-state index in [4.69, 9.17) is 4.74 Å². The fourth-order valence-electron chi connectivity index (χ4n) is 2.01. The number of benzene rings is 1. The van der Waals surface area contributed by atoms with E-state index < -0.39 is 0 Å². The highest BCUT2D eigenvalue weighted by Crippen LogP contribution is 2.31. The number of hydrogen-bond donors (Lipinski definition) is 1. The van der Waals surface area contributed by atoms with Crippen molar-refractivity contribution in [2.75, 3.05) is 0 Å².